The highest BCUT2D eigenvalue weighted by Crippen LogP contribution is 2.11. The summed E-state index contributed by atoms with van der Waals surface area (Å²) in [7, 11) is 0. The molecule has 0 spiro atoms. The molecule has 0 unspecified atom stereocenters. The fourth-order valence-corrected chi connectivity index (χ4v) is 3.67. The molecule has 0 aromatic rings. The summed E-state index contributed by atoms with van der Waals surface area (Å²) in [6.07, 6.45) is 19.4. The van der Waals surface area contributed by atoms with Gasteiger partial charge in [0.15, 0.2) is 0 Å². The van der Waals surface area contributed by atoms with Crippen molar-refractivity contribution < 1.29 is 9.90 Å². The molecule has 0 rings (SSSR count). The standard InChI is InChI=1S/C19H34O2S2/c1-2-15-22-16-12-10-8-6-4-3-5-7-9-11-13-17-23-18-14-19(20)21/h4,6,10,12H,2-3,5,7-9,11,13-18H2,1H3,(H,20,21)/b6-4+,12-10+. The van der Waals surface area contributed by atoms with Gasteiger partial charge in [-0.2, -0.15) is 23.5 Å². The molecule has 0 amide bonds. The Morgan fingerprint density at radius 1 is 0.870 bits per heavy atom. The Morgan fingerprint density at radius 2 is 1.61 bits per heavy atom. The van der Waals surface area contributed by atoms with E-state index in [2.05, 4.69) is 31.2 Å². The fourth-order valence-electron chi connectivity index (χ4n) is 2.01. The normalized spacial score (nSPS) is 11.7. The van der Waals surface area contributed by atoms with Crippen LogP contribution in [0, 0.1) is 0 Å². The molecule has 23 heavy (non-hydrogen) atoms. The Morgan fingerprint density at radius 3 is 2.39 bits per heavy atom. The Hall–Kier alpha value is -0.350. The molecular weight excluding hydrogens is 324 g/mol. The molecule has 0 aliphatic carbocycles. The van der Waals surface area contributed by atoms with Crippen molar-refractivity contribution in [3.8, 4) is 0 Å². The summed E-state index contributed by atoms with van der Waals surface area (Å²) in [6.45, 7) is 2.22. The summed E-state index contributed by atoms with van der Waals surface area (Å²) in [6, 6.07) is 0. The van der Waals surface area contributed by atoms with Gasteiger partial charge in [0.2, 0.25) is 0 Å². The predicted octanol–water partition coefficient (Wildman–Crippen LogP) is 6.18. The molecule has 0 saturated heterocycles. The van der Waals surface area contributed by atoms with Gasteiger partial charge in [0, 0.05) is 11.5 Å². The fraction of sp³-hybridized carbons (Fsp3) is 0.737. The average Bonchev–Trinajstić information content (AvgIpc) is 2.53. The molecule has 0 bridgehead atoms. The van der Waals surface area contributed by atoms with Crippen LogP contribution in [0.4, 0.5) is 0 Å². The van der Waals surface area contributed by atoms with Crippen LogP contribution in [-0.2, 0) is 4.79 Å². The zero-order valence-corrected chi connectivity index (χ0v) is 16.3. The van der Waals surface area contributed by atoms with E-state index in [4.69, 9.17) is 5.11 Å². The lowest BCUT2D eigenvalue weighted by molar-refractivity contribution is -0.136. The third-order valence-electron chi connectivity index (χ3n) is 3.29. The molecule has 0 aliphatic rings. The van der Waals surface area contributed by atoms with Gasteiger partial charge in [0.05, 0.1) is 6.42 Å². The van der Waals surface area contributed by atoms with Gasteiger partial charge in [-0.15, -0.1) is 0 Å². The molecule has 0 heterocycles. The highest BCUT2D eigenvalue weighted by atomic mass is 32.2. The first kappa shape index (κ1) is 22.6. The van der Waals surface area contributed by atoms with E-state index in [-0.39, 0.29) is 0 Å². The first-order chi connectivity index (χ1) is 11.3. The van der Waals surface area contributed by atoms with E-state index in [9.17, 15) is 4.79 Å². The molecular formula is C19H34O2S2. The van der Waals surface area contributed by atoms with Crippen molar-refractivity contribution in [3.05, 3.63) is 24.3 Å². The van der Waals surface area contributed by atoms with Crippen LogP contribution >= 0.6 is 23.5 Å². The summed E-state index contributed by atoms with van der Waals surface area (Å²) >= 11 is 3.77. The van der Waals surface area contributed by atoms with Crippen molar-refractivity contribution >= 4 is 29.5 Å². The molecule has 1 N–H and O–H groups in total. The molecule has 0 aromatic heterocycles. The van der Waals surface area contributed by atoms with Crippen LogP contribution in [-0.4, -0.2) is 34.1 Å². The molecule has 0 radical (unpaired) electrons. The Kier molecular flexibility index (Phi) is 19.4. The van der Waals surface area contributed by atoms with Crippen LogP contribution in [0.3, 0.4) is 0 Å². The molecule has 4 heteroatoms. The van der Waals surface area contributed by atoms with Gasteiger partial charge < -0.3 is 5.11 Å². The second kappa shape index (κ2) is 19.7. The smallest absolute Gasteiger partial charge is 0.304 e. The number of hydrogen-bond donors (Lipinski definition) is 1. The van der Waals surface area contributed by atoms with E-state index in [1.54, 1.807) is 11.8 Å². The Balaban J connectivity index is 3.14. The van der Waals surface area contributed by atoms with Crippen molar-refractivity contribution in [2.45, 2.75) is 64.7 Å². The first-order valence-electron chi connectivity index (χ1n) is 8.94. The Bertz CT molecular complexity index is 314. The minimum Gasteiger partial charge on any atom is -0.481 e. The second-order valence-electron chi connectivity index (χ2n) is 5.57. The number of carbonyl (C=O) groups is 1. The van der Waals surface area contributed by atoms with Gasteiger partial charge in [0.25, 0.3) is 0 Å². The number of hydrogen-bond acceptors (Lipinski definition) is 3. The molecule has 134 valence electrons. The number of allylic oxidation sites excluding steroid dienone is 3. The maximum atomic E-state index is 10.3. The molecule has 0 fully saturated rings. The van der Waals surface area contributed by atoms with E-state index in [1.165, 1.54) is 50.7 Å². The largest absolute Gasteiger partial charge is 0.481 e. The van der Waals surface area contributed by atoms with Crippen molar-refractivity contribution in [1.82, 2.24) is 0 Å². The monoisotopic (exact) mass is 358 g/mol. The van der Waals surface area contributed by atoms with Gasteiger partial charge in [-0.3, -0.25) is 4.79 Å². The van der Waals surface area contributed by atoms with Crippen LogP contribution in [0.5, 0.6) is 0 Å². The van der Waals surface area contributed by atoms with Crippen molar-refractivity contribution in [1.29, 1.82) is 0 Å². The molecule has 0 aromatic carbocycles. The maximum absolute atomic E-state index is 10.3. The van der Waals surface area contributed by atoms with E-state index in [0.717, 1.165) is 23.7 Å². The van der Waals surface area contributed by atoms with E-state index < -0.39 is 5.97 Å². The van der Waals surface area contributed by atoms with E-state index >= 15 is 0 Å². The van der Waals surface area contributed by atoms with E-state index in [1.807, 2.05) is 11.8 Å². The quantitative estimate of drug-likeness (QED) is 0.249. The number of carboxylic acids is 1. The SMILES string of the molecule is CCCSC/C=C/C/C=C/CCCCCCCSCCC(=O)O. The highest BCUT2D eigenvalue weighted by molar-refractivity contribution is 7.99. The summed E-state index contributed by atoms with van der Waals surface area (Å²) in [5.41, 5.74) is 0. The summed E-state index contributed by atoms with van der Waals surface area (Å²) in [5.74, 6) is 3.59. The third kappa shape index (κ3) is 21.6. The van der Waals surface area contributed by atoms with Crippen molar-refractivity contribution in [2.24, 2.45) is 0 Å². The lowest BCUT2D eigenvalue weighted by atomic mass is 10.1. The van der Waals surface area contributed by atoms with Gasteiger partial charge in [-0.05, 0) is 43.6 Å². The average molecular weight is 359 g/mol. The van der Waals surface area contributed by atoms with Gasteiger partial charge in [0.1, 0.15) is 0 Å². The van der Waals surface area contributed by atoms with Gasteiger partial charge in [-0.25, -0.2) is 0 Å². The topological polar surface area (TPSA) is 37.3 Å². The Labute approximate surface area is 151 Å². The first-order valence-corrected chi connectivity index (χ1v) is 11.3. The number of carboxylic acid groups (broad SMARTS) is 1. The molecule has 0 atom stereocenters. The second-order valence-corrected chi connectivity index (χ2v) is 7.94. The minimum atomic E-state index is -0.684. The number of aliphatic carboxylic acids is 1. The third-order valence-corrected chi connectivity index (χ3v) is 5.48. The number of thioether (sulfide) groups is 2. The predicted molar refractivity (Wildman–Crippen MR) is 108 cm³/mol. The van der Waals surface area contributed by atoms with Crippen LogP contribution in [0.25, 0.3) is 0 Å². The lowest BCUT2D eigenvalue weighted by Crippen LogP contribution is -1.96. The minimum absolute atomic E-state index is 0.295. The zero-order chi connectivity index (χ0) is 17.0. The van der Waals surface area contributed by atoms with Crippen molar-refractivity contribution in [2.75, 3.05) is 23.0 Å². The van der Waals surface area contributed by atoms with Gasteiger partial charge in [-0.1, -0.05) is 50.5 Å². The number of unbranched alkanes of at least 4 members (excludes halogenated alkanes) is 5. The molecule has 2 nitrogen and oxygen atoms in total. The highest BCUT2D eigenvalue weighted by Gasteiger charge is 1.96. The summed E-state index contributed by atoms with van der Waals surface area (Å²) in [4.78, 5) is 10.3. The lowest BCUT2D eigenvalue weighted by Gasteiger charge is -2.00. The maximum Gasteiger partial charge on any atom is 0.304 e. The molecule has 0 saturated carbocycles. The van der Waals surface area contributed by atoms with Gasteiger partial charge >= 0.3 is 5.97 Å². The van der Waals surface area contributed by atoms with Crippen molar-refractivity contribution in [3.63, 3.8) is 0 Å². The summed E-state index contributed by atoms with van der Waals surface area (Å²) in [5, 5.41) is 8.52. The zero-order valence-electron chi connectivity index (χ0n) is 14.7. The van der Waals surface area contributed by atoms with E-state index in [0.29, 0.717) is 6.42 Å². The van der Waals surface area contributed by atoms with Crippen LogP contribution in [0.1, 0.15) is 64.7 Å². The van der Waals surface area contributed by atoms with Crippen LogP contribution in [0.15, 0.2) is 24.3 Å². The number of rotatable bonds is 17. The molecule has 0 aliphatic heterocycles. The summed E-state index contributed by atoms with van der Waals surface area (Å²) < 4.78 is 0. The van der Waals surface area contributed by atoms with Crippen LogP contribution in [0.2, 0.25) is 0 Å². The van der Waals surface area contributed by atoms with Crippen LogP contribution < -0.4 is 0 Å².